The molecule has 2 aromatic rings. The normalized spacial score (nSPS) is 45.0. The largest absolute Gasteiger partial charge is 0.508 e. The number of aromatic hydroxyl groups is 1. The van der Waals surface area contributed by atoms with Crippen molar-refractivity contribution < 1.29 is 29.6 Å². The smallest absolute Gasteiger partial charge is 0.159 e. The van der Waals surface area contributed by atoms with Crippen molar-refractivity contribution in [1.29, 1.82) is 0 Å². The standard InChI is InChI=1S/C52H72N2O6/c1-30(23-40(56)46-52(7,60-46)37-18-12-17-35(37)31-13-10-15-33(53)24-31)43-38-19-20-42-49(4)26-36(32-14-11-16-34(55)25-32)45(58)48(3)22-9-8-21-47(2,59)29-54-39(44(48)49)27-51(42,6)50(38,5)28-41(43)57/h10-11,13-16,24-25,30,35-37,39-40,42,44,46,54-56,59H,8-9,12,17-23,26-29,53H2,1-7H3/t30-,35+,36+,37-,39+,40-,42+,44+,46+,47-,48+,49-,50+,51+,52-/m1/s1. The summed E-state index contributed by atoms with van der Waals surface area (Å²) in [4.78, 5) is 29.8. The molecule has 0 unspecified atom stereocenters. The third kappa shape index (κ3) is 6.41. The molecule has 0 radical (unpaired) electrons. The summed E-state index contributed by atoms with van der Waals surface area (Å²) in [6.07, 6.45) is 9.82. The van der Waals surface area contributed by atoms with E-state index in [1.807, 2.05) is 31.2 Å². The number of nitrogen functional groups attached to an aromatic ring is 1. The molecule has 0 bridgehead atoms. The Morgan fingerprint density at radius 3 is 2.40 bits per heavy atom. The minimum atomic E-state index is -0.853. The molecule has 326 valence electrons. The lowest BCUT2D eigenvalue weighted by Crippen LogP contribution is -2.70. The van der Waals surface area contributed by atoms with E-state index in [0.29, 0.717) is 44.1 Å². The molecule has 2 aliphatic heterocycles. The highest BCUT2D eigenvalue weighted by molar-refractivity contribution is 6.00. The number of aliphatic hydroxyl groups excluding tert-OH is 1. The highest BCUT2D eigenvalue weighted by Gasteiger charge is 2.72. The van der Waals surface area contributed by atoms with Gasteiger partial charge in [0.1, 0.15) is 17.6 Å². The maximum atomic E-state index is 15.1. The van der Waals surface area contributed by atoms with Gasteiger partial charge in [0.15, 0.2) is 5.78 Å². The number of hydrogen-bond acceptors (Lipinski definition) is 8. The number of rotatable bonds is 7. The molecule has 0 spiro atoms. The molecule has 2 heterocycles. The minimum Gasteiger partial charge on any atom is -0.508 e. The summed E-state index contributed by atoms with van der Waals surface area (Å²) in [5.41, 5.74) is 8.61. The van der Waals surface area contributed by atoms with Gasteiger partial charge in [-0.25, -0.2) is 0 Å². The average molecular weight is 821 g/mol. The molecule has 5 aliphatic carbocycles. The predicted octanol–water partition coefficient (Wildman–Crippen LogP) is 9.17. The number of nitrogens with one attached hydrogen (secondary N) is 1. The number of carbonyl (C=O) groups is 2. The zero-order valence-electron chi connectivity index (χ0n) is 37.4. The third-order valence-corrected chi connectivity index (χ3v) is 18.9. The number of aliphatic hydroxyl groups is 2. The molecule has 6 N–H and O–H groups in total. The van der Waals surface area contributed by atoms with Gasteiger partial charge in [-0.2, -0.15) is 0 Å². The van der Waals surface area contributed by atoms with Crippen molar-refractivity contribution in [2.45, 2.75) is 173 Å². The second kappa shape index (κ2) is 14.5. The molecule has 0 amide bonds. The quantitative estimate of drug-likeness (QED) is 0.137. The Morgan fingerprint density at radius 1 is 0.917 bits per heavy atom. The number of fused-ring (bicyclic) bond motifs is 4. The van der Waals surface area contributed by atoms with Gasteiger partial charge in [-0.05, 0) is 153 Å². The van der Waals surface area contributed by atoms with Crippen molar-refractivity contribution in [3.05, 3.63) is 70.8 Å². The van der Waals surface area contributed by atoms with E-state index in [-0.39, 0.29) is 69.4 Å². The number of ketones is 2. The van der Waals surface area contributed by atoms with Gasteiger partial charge in [-0.3, -0.25) is 9.59 Å². The van der Waals surface area contributed by atoms with Gasteiger partial charge in [0, 0.05) is 41.4 Å². The fourth-order valence-corrected chi connectivity index (χ4v) is 16.1. The van der Waals surface area contributed by atoms with E-state index in [1.54, 1.807) is 12.1 Å². The molecule has 7 aliphatic rings. The van der Waals surface area contributed by atoms with Crippen LogP contribution in [0.15, 0.2) is 59.7 Å². The summed E-state index contributed by atoms with van der Waals surface area (Å²) in [5.74, 6) is 1.24. The number of β-amino-alcohol motifs (C(OH)–C–C–N with tert-alkyl or cyclic N) is 1. The van der Waals surface area contributed by atoms with E-state index in [2.05, 4.69) is 59.0 Å². The fraction of sp³-hybridized carbons (Fsp3) is 0.692. The molecule has 4 saturated carbocycles. The van der Waals surface area contributed by atoms with Gasteiger partial charge in [-0.15, -0.1) is 0 Å². The van der Waals surface area contributed by atoms with Crippen LogP contribution in [0.2, 0.25) is 0 Å². The molecule has 15 atom stereocenters. The predicted molar refractivity (Wildman–Crippen MR) is 235 cm³/mol. The summed E-state index contributed by atoms with van der Waals surface area (Å²) < 4.78 is 6.50. The maximum absolute atomic E-state index is 15.1. The molecule has 9 rings (SSSR count). The van der Waals surface area contributed by atoms with E-state index in [4.69, 9.17) is 10.5 Å². The van der Waals surface area contributed by atoms with Crippen LogP contribution < -0.4 is 11.1 Å². The Bertz CT molecular complexity index is 2080. The zero-order chi connectivity index (χ0) is 42.8. The Kier molecular flexibility index (Phi) is 10.2. The molecule has 8 nitrogen and oxygen atoms in total. The first kappa shape index (κ1) is 42.3. The van der Waals surface area contributed by atoms with Gasteiger partial charge >= 0.3 is 0 Å². The molecule has 60 heavy (non-hydrogen) atoms. The van der Waals surface area contributed by atoms with Gasteiger partial charge in [0.25, 0.3) is 0 Å². The van der Waals surface area contributed by atoms with Crippen LogP contribution in [0.25, 0.3) is 0 Å². The molecule has 6 fully saturated rings. The number of epoxide rings is 1. The van der Waals surface area contributed by atoms with Crippen LogP contribution in [-0.4, -0.2) is 62.9 Å². The summed E-state index contributed by atoms with van der Waals surface area (Å²) >= 11 is 0. The SMILES string of the molecule is C[C@H](C[C@@H](O)[C@@H]1O[C@]1(C)[C@@H]1CCC[C@H]1c1cccc(N)c1)C1=C2CC[C@H]3[C@@]4(C)C[C@@H](c5cccc(O)c5)C(=O)[C@@]5(C)CCCC[C@@](C)(O)CN[C@@H](C[C@]3(C)[C@@]2(C)CC1=O)[C@H]45. The molecular formula is C52H72N2O6. The number of anilines is 1. The number of hydrogen-bond donors (Lipinski definition) is 5. The molecule has 8 heteroatoms. The van der Waals surface area contributed by atoms with Gasteiger partial charge in [0.05, 0.1) is 17.3 Å². The first-order chi connectivity index (χ1) is 28.3. The number of nitrogens with two attached hydrogens (primary N) is 1. The van der Waals surface area contributed by atoms with Crippen molar-refractivity contribution in [3.8, 4) is 5.75 Å². The van der Waals surface area contributed by atoms with Crippen LogP contribution >= 0.6 is 0 Å². The number of ether oxygens (including phenoxy) is 1. The number of phenolic OH excluding ortho intramolecular Hbond substituents is 1. The van der Waals surface area contributed by atoms with Crippen molar-refractivity contribution in [2.24, 2.45) is 45.3 Å². The Balaban J connectivity index is 1.03. The van der Waals surface area contributed by atoms with Crippen LogP contribution in [0, 0.1) is 45.3 Å². The van der Waals surface area contributed by atoms with Gasteiger partial charge in [0.2, 0.25) is 0 Å². The van der Waals surface area contributed by atoms with Gasteiger partial charge < -0.3 is 31.1 Å². The Hall–Kier alpha value is -3.04. The van der Waals surface area contributed by atoms with Crippen LogP contribution in [0.1, 0.15) is 155 Å². The molecule has 2 aromatic carbocycles. The lowest BCUT2D eigenvalue weighted by molar-refractivity contribution is -0.198. The average Bonchev–Trinajstić information content (AvgIpc) is 3.48. The summed E-state index contributed by atoms with van der Waals surface area (Å²) in [6.45, 7) is 16.2. The van der Waals surface area contributed by atoms with Crippen LogP contribution in [0.3, 0.4) is 0 Å². The highest BCUT2D eigenvalue weighted by Crippen LogP contribution is 2.75. The van der Waals surface area contributed by atoms with E-state index in [1.165, 1.54) is 11.1 Å². The topological polar surface area (TPSA) is 145 Å². The number of allylic oxidation sites excluding steroid dienone is 2. The first-order valence-corrected chi connectivity index (χ1v) is 23.5. The van der Waals surface area contributed by atoms with Crippen molar-refractivity contribution in [3.63, 3.8) is 0 Å². The lowest BCUT2D eigenvalue weighted by Gasteiger charge is -2.71. The Labute approximate surface area is 358 Å². The summed E-state index contributed by atoms with van der Waals surface area (Å²) in [7, 11) is 0. The second-order valence-electron chi connectivity index (χ2n) is 22.6. The number of Topliss-reactive ketones (excluding diaryl/α,β-unsaturated/α-hetero) is 2. The van der Waals surface area contributed by atoms with Crippen LogP contribution in [0.4, 0.5) is 5.69 Å². The van der Waals surface area contributed by atoms with Crippen molar-refractivity contribution in [2.75, 3.05) is 12.3 Å². The lowest BCUT2D eigenvalue weighted by atomic mass is 9.34. The first-order valence-electron chi connectivity index (χ1n) is 23.5. The summed E-state index contributed by atoms with van der Waals surface area (Å²) in [6, 6.07) is 15.6. The van der Waals surface area contributed by atoms with E-state index < -0.39 is 22.7 Å². The summed E-state index contributed by atoms with van der Waals surface area (Å²) in [5, 5.41) is 38.1. The number of carbonyl (C=O) groups excluding carboxylic acids is 2. The monoisotopic (exact) mass is 821 g/mol. The molecular weight excluding hydrogens is 749 g/mol. The third-order valence-electron chi connectivity index (χ3n) is 18.9. The number of benzene rings is 2. The fourth-order valence-electron chi connectivity index (χ4n) is 16.1. The number of phenols is 1. The van der Waals surface area contributed by atoms with E-state index >= 15 is 4.79 Å². The Morgan fingerprint density at radius 2 is 1.65 bits per heavy atom. The van der Waals surface area contributed by atoms with Gasteiger partial charge in [-0.1, -0.05) is 83.7 Å². The van der Waals surface area contributed by atoms with Crippen molar-refractivity contribution >= 4 is 17.3 Å². The van der Waals surface area contributed by atoms with E-state index in [0.717, 1.165) is 74.6 Å². The molecule has 0 aromatic heterocycles. The highest BCUT2D eigenvalue weighted by atomic mass is 16.6. The molecule has 2 saturated heterocycles. The van der Waals surface area contributed by atoms with Crippen LogP contribution in [0.5, 0.6) is 5.75 Å². The van der Waals surface area contributed by atoms with Crippen molar-refractivity contribution in [1.82, 2.24) is 5.32 Å². The van der Waals surface area contributed by atoms with Crippen LogP contribution in [-0.2, 0) is 14.3 Å². The minimum absolute atomic E-state index is 0.0223. The maximum Gasteiger partial charge on any atom is 0.159 e. The zero-order valence-corrected chi connectivity index (χ0v) is 37.4. The second-order valence-corrected chi connectivity index (χ2v) is 22.6. The van der Waals surface area contributed by atoms with E-state index in [9.17, 15) is 20.1 Å².